The Kier molecular flexibility index (Phi) is 8.03. The van der Waals surface area contributed by atoms with E-state index in [1.807, 2.05) is 32.9 Å². The van der Waals surface area contributed by atoms with Crippen molar-refractivity contribution in [2.75, 3.05) is 29.9 Å². The highest BCUT2D eigenvalue weighted by Gasteiger charge is 2.51. The number of rotatable bonds is 7. The molecule has 3 heterocycles. The first-order valence-corrected chi connectivity index (χ1v) is 14.7. The number of carboxylic acid groups (broad SMARTS) is 1. The van der Waals surface area contributed by atoms with Crippen LogP contribution < -0.4 is 10.2 Å². The van der Waals surface area contributed by atoms with Crippen LogP contribution in [-0.2, 0) is 4.79 Å². The number of nitrogens with one attached hydrogen (secondary N) is 1. The molecule has 3 aliphatic rings. The molecule has 2 unspecified atom stereocenters. The first-order chi connectivity index (χ1) is 18.1. The van der Waals surface area contributed by atoms with Gasteiger partial charge in [-0.25, -0.2) is 4.98 Å². The molecule has 10 heteroatoms. The maximum Gasteiger partial charge on any atom is 0.309 e. The molecule has 5 rings (SSSR count). The van der Waals surface area contributed by atoms with Crippen LogP contribution in [0.5, 0.6) is 0 Å². The molecule has 2 aliphatic heterocycles. The Morgan fingerprint density at radius 1 is 1.16 bits per heavy atom. The summed E-state index contributed by atoms with van der Waals surface area (Å²) in [5.74, 6) is 1.13. The Morgan fingerprint density at radius 2 is 1.92 bits per heavy atom. The second kappa shape index (κ2) is 11.0. The van der Waals surface area contributed by atoms with Gasteiger partial charge >= 0.3 is 5.97 Å². The molecule has 0 bridgehead atoms. The van der Waals surface area contributed by atoms with Gasteiger partial charge in [0.25, 0.3) is 0 Å². The summed E-state index contributed by atoms with van der Waals surface area (Å²) in [7, 11) is 0. The van der Waals surface area contributed by atoms with Gasteiger partial charge in [-0.05, 0) is 83.0 Å². The van der Waals surface area contributed by atoms with Crippen LogP contribution in [0.15, 0.2) is 18.2 Å². The fourth-order valence-electron chi connectivity index (χ4n) is 6.53. The number of benzene rings is 1. The van der Waals surface area contributed by atoms with E-state index in [4.69, 9.17) is 44.8 Å². The predicted molar refractivity (Wildman–Crippen MR) is 154 cm³/mol. The average Bonchev–Trinajstić information content (AvgIpc) is 3.34. The second-order valence-corrected chi connectivity index (χ2v) is 12.7. The molecule has 1 saturated carbocycles. The highest BCUT2D eigenvalue weighted by Crippen LogP contribution is 2.46. The maximum absolute atomic E-state index is 11.7. The van der Waals surface area contributed by atoms with Gasteiger partial charge in [-0.2, -0.15) is 4.98 Å². The van der Waals surface area contributed by atoms with Gasteiger partial charge in [0, 0.05) is 35.2 Å². The number of hydrogen-bond acceptors (Lipinski definition) is 6. The van der Waals surface area contributed by atoms with E-state index in [-0.39, 0.29) is 6.04 Å². The summed E-state index contributed by atoms with van der Waals surface area (Å²) in [6.07, 6.45) is 6.17. The zero-order chi connectivity index (χ0) is 27.2. The minimum absolute atomic E-state index is 0.125. The van der Waals surface area contributed by atoms with Crippen molar-refractivity contribution in [3.63, 3.8) is 0 Å². The summed E-state index contributed by atoms with van der Waals surface area (Å²) in [5, 5.41) is 14.7. The number of hydrogen-bond donors (Lipinski definition) is 2. The maximum atomic E-state index is 11.7. The summed E-state index contributed by atoms with van der Waals surface area (Å²) in [6.45, 7) is 8.66. The molecule has 1 aromatic carbocycles. The van der Waals surface area contributed by atoms with Crippen molar-refractivity contribution in [3.05, 3.63) is 44.5 Å². The van der Waals surface area contributed by atoms with Crippen LogP contribution >= 0.6 is 34.8 Å². The quantitative estimate of drug-likeness (QED) is 0.370. The third kappa shape index (κ3) is 5.45. The van der Waals surface area contributed by atoms with E-state index in [0.29, 0.717) is 44.8 Å². The smallest absolute Gasteiger partial charge is 0.309 e. The van der Waals surface area contributed by atoms with Crippen molar-refractivity contribution in [1.82, 2.24) is 14.9 Å². The lowest BCUT2D eigenvalue weighted by Gasteiger charge is -2.52. The molecule has 2 aromatic rings. The van der Waals surface area contributed by atoms with Crippen LogP contribution in [0.4, 0.5) is 11.8 Å². The molecule has 3 atom stereocenters. The Labute approximate surface area is 239 Å². The van der Waals surface area contributed by atoms with Crippen LogP contribution in [-0.4, -0.2) is 57.7 Å². The number of carboxylic acids is 1. The molecule has 1 aromatic heterocycles. The number of nitrogens with zero attached hydrogens (tertiary/aromatic N) is 4. The van der Waals surface area contributed by atoms with Crippen LogP contribution in [0.3, 0.4) is 0 Å². The highest BCUT2D eigenvalue weighted by molar-refractivity contribution is 6.35. The van der Waals surface area contributed by atoms with Gasteiger partial charge in [-0.15, -0.1) is 0 Å². The number of aliphatic carboxylic acids is 1. The predicted octanol–water partition coefficient (Wildman–Crippen LogP) is 6.85. The Bertz CT molecular complexity index is 1210. The molecule has 2 saturated heterocycles. The molecule has 0 amide bonds. The standard InChI is InChI=1S/C28H36Cl3N5O2/c1-16(21-8-7-19(29)12-22(21)30)32-25-24(31)17(2)33-27(34-25)35-11-9-18(15-35)23-6-4-5-10-36(23)20-13-28(3,14-20)26(37)38/h7-8,12,16,18,20,23H,4-6,9-11,13-15H2,1-3H3,(H,37,38)(H,32,33,34)/t16-,18?,20-,23?,28-/m1/s1. The van der Waals surface area contributed by atoms with Crippen LogP contribution in [0, 0.1) is 18.3 Å². The molecule has 1 aliphatic carbocycles. The van der Waals surface area contributed by atoms with Crippen LogP contribution in [0.2, 0.25) is 15.1 Å². The second-order valence-electron chi connectivity index (χ2n) is 11.5. The molecular formula is C28H36Cl3N5O2. The van der Waals surface area contributed by atoms with Crippen LogP contribution in [0.1, 0.15) is 69.7 Å². The van der Waals surface area contributed by atoms with E-state index in [9.17, 15) is 9.90 Å². The van der Waals surface area contributed by atoms with Gasteiger partial charge in [-0.1, -0.05) is 47.3 Å². The number of likely N-dealkylation sites (tertiary alicyclic amines) is 1. The van der Waals surface area contributed by atoms with Gasteiger partial charge in [0.05, 0.1) is 17.2 Å². The first kappa shape index (κ1) is 27.8. The molecular weight excluding hydrogens is 545 g/mol. The van der Waals surface area contributed by atoms with E-state index in [2.05, 4.69) is 15.1 Å². The minimum atomic E-state index is -0.665. The zero-order valence-electron chi connectivity index (χ0n) is 22.2. The SMILES string of the molecule is Cc1nc(N2CCC(C3CCCCN3[C@H]3C[C@](C)(C(=O)O)C3)C2)nc(N[C@H](C)c2ccc(Cl)cc2Cl)c1Cl. The lowest BCUT2D eigenvalue weighted by Crippen LogP contribution is -2.58. The van der Waals surface area contributed by atoms with Gasteiger partial charge in [0.2, 0.25) is 5.95 Å². The summed E-state index contributed by atoms with van der Waals surface area (Å²) in [4.78, 5) is 26.2. The van der Waals surface area contributed by atoms with Gasteiger partial charge in [0.15, 0.2) is 5.82 Å². The summed E-state index contributed by atoms with van der Waals surface area (Å²) in [5.41, 5.74) is 1.08. The largest absolute Gasteiger partial charge is 0.481 e. The van der Waals surface area contributed by atoms with E-state index < -0.39 is 11.4 Å². The Hall–Kier alpha value is -1.80. The fraction of sp³-hybridized carbons (Fsp3) is 0.607. The molecule has 7 nitrogen and oxygen atoms in total. The average molecular weight is 581 g/mol. The Balaban J connectivity index is 1.29. The van der Waals surface area contributed by atoms with Crippen molar-refractivity contribution in [2.45, 2.75) is 77.4 Å². The number of halogens is 3. The third-order valence-corrected chi connectivity index (χ3v) is 9.80. The van der Waals surface area contributed by atoms with E-state index in [1.165, 1.54) is 19.3 Å². The van der Waals surface area contributed by atoms with Gasteiger partial charge in [0.1, 0.15) is 5.02 Å². The lowest BCUT2D eigenvalue weighted by molar-refractivity contribution is -0.159. The van der Waals surface area contributed by atoms with E-state index in [1.54, 1.807) is 6.07 Å². The summed E-state index contributed by atoms with van der Waals surface area (Å²) < 4.78 is 0. The summed E-state index contributed by atoms with van der Waals surface area (Å²) >= 11 is 19.1. The zero-order valence-corrected chi connectivity index (χ0v) is 24.5. The topological polar surface area (TPSA) is 81.6 Å². The Morgan fingerprint density at radius 3 is 2.63 bits per heavy atom. The number of piperidine rings is 1. The normalized spacial score (nSPS) is 28.7. The molecule has 2 N–H and O–H groups in total. The van der Waals surface area contributed by atoms with Gasteiger partial charge in [-0.3, -0.25) is 9.69 Å². The molecule has 3 fully saturated rings. The minimum Gasteiger partial charge on any atom is -0.481 e. The molecule has 0 radical (unpaired) electrons. The number of aryl methyl sites for hydroxylation is 1. The number of anilines is 2. The third-order valence-electron chi connectivity index (χ3n) is 8.79. The van der Waals surface area contributed by atoms with Crippen molar-refractivity contribution in [2.24, 2.45) is 11.3 Å². The van der Waals surface area contributed by atoms with Crippen LogP contribution in [0.25, 0.3) is 0 Å². The van der Waals surface area contributed by atoms with E-state index >= 15 is 0 Å². The van der Waals surface area contributed by atoms with Crippen molar-refractivity contribution in [3.8, 4) is 0 Å². The number of carbonyl (C=O) groups is 1. The summed E-state index contributed by atoms with van der Waals surface area (Å²) in [6, 6.07) is 6.20. The molecule has 0 spiro atoms. The molecule has 38 heavy (non-hydrogen) atoms. The van der Waals surface area contributed by atoms with E-state index in [0.717, 1.165) is 50.2 Å². The fourth-order valence-corrected chi connectivity index (χ4v) is 7.24. The molecule has 206 valence electrons. The highest BCUT2D eigenvalue weighted by atomic mass is 35.5. The van der Waals surface area contributed by atoms with Gasteiger partial charge < -0.3 is 15.3 Å². The number of aromatic nitrogens is 2. The monoisotopic (exact) mass is 579 g/mol. The lowest BCUT2D eigenvalue weighted by atomic mass is 9.65. The van der Waals surface area contributed by atoms with Crippen molar-refractivity contribution >= 4 is 52.5 Å². The van der Waals surface area contributed by atoms with Crippen molar-refractivity contribution < 1.29 is 9.90 Å². The van der Waals surface area contributed by atoms with Crippen molar-refractivity contribution in [1.29, 1.82) is 0 Å². The first-order valence-electron chi connectivity index (χ1n) is 13.6.